The van der Waals surface area contributed by atoms with Gasteiger partial charge in [0.25, 0.3) is 0 Å². The summed E-state index contributed by atoms with van der Waals surface area (Å²) in [4.78, 5) is 11.1. The van der Waals surface area contributed by atoms with Gasteiger partial charge >= 0.3 is 5.97 Å². The summed E-state index contributed by atoms with van der Waals surface area (Å²) in [5.41, 5.74) is 0. The first-order valence-electron chi connectivity index (χ1n) is 4.38. The number of hydrogen-bond donors (Lipinski definition) is 1. The summed E-state index contributed by atoms with van der Waals surface area (Å²) in [6.07, 6.45) is 0. The Morgan fingerprint density at radius 2 is 0.818 bits per heavy atom. The second kappa shape index (κ2) is 7.34. The minimum Gasteiger partial charge on any atom is -0.479 e. The highest BCUT2D eigenvalue weighted by Crippen LogP contribution is 2.68. The molecule has 2 nitrogen and oxygen atoms in total. The third-order valence-corrected chi connectivity index (χ3v) is 10.6. The Kier molecular flexibility index (Phi) is 8.42. The maximum atomic E-state index is 11.1. The molecule has 0 aliphatic heterocycles. The third-order valence-electron chi connectivity index (χ3n) is 2.20. The number of alkyl halides is 13. The number of halogens is 13. The molecule has 15 heteroatoms. The molecule has 0 saturated carbocycles. The van der Waals surface area contributed by atoms with E-state index in [0.29, 0.717) is 0 Å². The number of carboxylic acids is 1. The van der Waals surface area contributed by atoms with Crippen LogP contribution in [0.5, 0.6) is 0 Å². The summed E-state index contributed by atoms with van der Waals surface area (Å²) in [5, 5.41) is 8.99. The second-order valence-electron chi connectivity index (χ2n) is 3.67. The van der Waals surface area contributed by atoms with Crippen molar-refractivity contribution in [1.29, 1.82) is 0 Å². The van der Waals surface area contributed by atoms with Gasteiger partial charge in [0.15, 0.2) is 13.0 Å². The minimum atomic E-state index is -3.01. The van der Waals surface area contributed by atoms with Crippen LogP contribution in [0.25, 0.3) is 0 Å². The van der Waals surface area contributed by atoms with E-state index in [4.69, 9.17) is 156 Å². The molecule has 0 unspecified atom stereocenters. The average molecular weight is 578 g/mol. The number of hydrogen-bond acceptors (Lipinski definition) is 1. The van der Waals surface area contributed by atoms with Gasteiger partial charge in [-0.1, -0.05) is 151 Å². The fraction of sp³-hybridized carbons (Fsp3) is 0.857. The van der Waals surface area contributed by atoms with Crippen molar-refractivity contribution in [2.24, 2.45) is 0 Å². The van der Waals surface area contributed by atoms with Crippen molar-refractivity contribution in [2.75, 3.05) is 0 Å². The molecule has 0 aliphatic rings. The van der Waals surface area contributed by atoms with Crippen LogP contribution in [-0.2, 0) is 4.79 Å². The van der Waals surface area contributed by atoms with Gasteiger partial charge in [0.05, 0.1) is 0 Å². The predicted molar refractivity (Wildman–Crippen MR) is 100 cm³/mol. The van der Waals surface area contributed by atoms with E-state index in [1.807, 2.05) is 0 Å². The van der Waals surface area contributed by atoms with Crippen LogP contribution in [0.2, 0.25) is 0 Å². The van der Waals surface area contributed by atoms with E-state index in [0.717, 1.165) is 0 Å². The lowest BCUT2D eigenvalue weighted by atomic mass is 10.1. The van der Waals surface area contributed by atoms with Gasteiger partial charge in [-0.15, -0.1) is 0 Å². The lowest BCUT2D eigenvalue weighted by molar-refractivity contribution is -0.138. The van der Waals surface area contributed by atoms with E-state index in [-0.39, 0.29) is 0 Å². The fourth-order valence-electron chi connectivity index (χ4n) is 0.904. The predicted octanol–water partition coefficient (Wildman–Crippen LogP) is 7.31. The Bertz CT molecular complexity index is 448. The van der Waals surface area contributed by atoms with Gasteiger partial charge in [0, 0.05) is 0 Å². The van der Waals surface area contributed by atoms with Gasteiger partial charge in [-0.25, -0.2) is 4.79 Å². The Balaban J connectivity index is 6.29. The molecule has 0 saturated heterocycles. The van der Waals surface area contributed by atoms with E-state index in [1.165, 1.54) is 0 Å². The van der Waals surface area contributed by atoms with Crippen LogP contribution in [-0.4, -0.2) is 36.5 Å². The monoisotopic (exact) mass is 572 g/mol. The first-order chi connectivity index (χ1) is 9.19. The van der Waals surface area contributed by atoms with Gasteiger partial charge in [0.2, 0.25) is 12.5 Å². The van der Waals surface area contributed by atoms with E-state index in [2.05, 4.69) is 0 Å². The summed E-state index contributed by atoms with van der Waals surface area (Å²) in [6, 6.07) is 0. The maximum Gasteiger partial charge on any atom is 0.343 e. The number of carbonyl (C=O) groups is 1. The molecule has 0 aromatic heterocycles. The van der Waals surface area contributed by atoms with Crippen LogP contribution in [0.4, 0.5) is 0 Å². The van der Waals surface area contributed by atoms with Crippen LogP contribution in [0, 0.1) is 0 Å². The highest BCUT2D eigenvalue weighted by Gasteiger charge is 2.78. The summed E-state index contributed by atoms with van der Waals surface area (Å²) in [5.74, 6) is -1.93. The zero-order chi connectivity index (χ0) is 18.6. The van der Waals surface area contributed by atoms with Gasteiger partial charge in [-0.2, -0.15) is 0 Å². The zero-order valence-electron chi connectivity index (χ0n) is 9.27. The quantitative estimate of drug-likeness (QED) is 0.348. The molecule has 1 N–H and O–H groups in total. The molecule has 22 heavy (non-hydrogen) atoms. The Labute approximate surface area is 190 Å². The summed E-state index contributed by atoms with van der Waals surface area (Å²) < 4.78 is -17.1. The van der Waals surface area contributed by atoms with Crippen molar-refractivity contribution >= 4 is 157 Å². The summed E-state index contributed by atoms with van der Waals surface area (Å²) in [7, 11) is 0. The van der Waals surface area contributed by atoms with Crippen molar-refractivity contribution < 1.29 is 9.90 Å². The molecular formula is C7HCl13O2. The minimum absolute atomic E-state index is 1.93. The van der Waals surface area contributed by atoms with Crippen molar-refractivity contribution in [3.05, 3.63) is 0 Å². The average Bonchev–Trinajstić information content (AvgIpc) is 2.25. The van der Waals surface area contributed by atoms with Crippen molar-refractivity contribution in [1.82, 2.24) is 0 Å². The Morgan fingerprint density at radius 3 is 1.05 bits per heavy atom. The summed E-state index contributed by atoms with van der Waals surface area (Å²) in [6.45, 7) is 0. The number of rotatable bonds is 5. The number of aliphatic carboxylic acids is 1. The van der Waals surface area contributed by atoms with Crippen LogP contribution in [0.1, 0.15) is 0 Å². The van der Waals surface area contributed by atoms with E-state index in [1.54, 1.807) is 0 Å². The fourth-order valence-corrected chi connectivity index (χ4v) is 4.35. The first-order valence-corrected chi connectivity index (χ1v) is 9.30. The molecule has 132 valence electrons. The normalized spacial score (nSPS) is 15.9. The standard InChI is InChI=1S/C7HCl13O2/c8-2(9,1(21)22)3(10,11)4(12,13)5(14,15)6(16,17)7(18,19)20/h(H,21,22). The Hall–Kier alpha value is 3.24. The molecule has 0 amide bonds. The zero-order valence-corrected chi connectivity index (χ0v) is 19.1. The first kappa shape index (κ1) is 25.2. The molecule has 0 radical (unpaired) electrons. The lowest BCUT2D eigenvalue weighted by Crippen LogP contribution is -2.66. The largest absolute Gasteiger partial charge is 0.479 e. The van der Waals surface area contributed by atoms with E-state index >= 15 is 0 Å². The second-order valence-corrected chi connectivity index (χ2v) is 12.6. The van der Waals surface area contributed by atoms with Crippen molar-refractivity contribution in [3.63, 3.8) is 0 Å². The SMILES string of the molecule is O=C(O)C(Cl)(Cl)C(Cl)(Cl)C(Cl)(Cl)C(Cl)(Cl)C(Cl)(Cl)C(Cl)(Cl)Cl. The summed E-state index contributed by atoms with van der Waals surface area (Å²) >= 11 is 74.6. The van der Waals surface area contributed by atoms with Gasteiger partial charge in [0.1, 0.15) is 0 Å². The van der Waals surface area contributed by atoms with Crippen LogP contribution >= 0.6 is 151 Å². The van der Waals surface area contributed by atoms with Gasteiger partial charge < -0.3 is 5.11 Å². The van der Waals surface area contributed by atoms with E-state index in [9.17, 15) is 4.79 Å². The molecule has 0 fully saturated rings. The molecule has 0 spiro atoms. The molecule has 0 bridgehead atoms. The van der Waals surface area contributed by atoms with Gasteiger partial charge in [-0.3, -0.25) is 0 Å². The smallest absolute Gasteiger partial charge is 0.343 e. The highest BCUT2D eigenvalue weighted by molar-refractivity contribution is 6.82. The van der Waals surface area contributed by atoms with E-state index < -0.39 is 31.4 Å². The maximum absolute atomic E-state index is 11.1. The topological polar surface area (TPSA) is 37.3 Å². The van der Waals surface area contributed by atoms with Crippen LogP contribution in [0.15, 0.2) is 0 Å². The molecule has 0 rings (SSSR count). The van der Waals surface area contributed by atoms with Crippen LogP contribution < -0.4 is 0 Å². The molecular weight excluding hydrogens is 577 g/mol. The van der Waals surface area contributed by atoms with Crippen molar-refractivity contribution in [3.8, 4) is 0 Å². The molecule has 0 heterocycles. The Morgan fingerprint density at radius 1 is 0.545 bits per heavy atom. The molecule has 0 atom stereocenters. The highest BCUT2D eigenvalue weighted by atomic mass is 35.6. The number of carboxylic acid groups (broad SMARTS) is 1. The molecule has 0 aliphatic carbocycles. The molecule has 0 aromatic rings. The van der Waals surface area contributed by atoms with Crippen molar-refractivity contribution in [2.45, 2.75) is 25.5 Å². The lowest BCUT2D eigenvalue weighted by Gasteiger charge is -2.49. The third kappa shape index (κ3) is 3.91. The molecule has 0 aromatic carbocycles. The van der Waals surface area contributed by atoms with Gasteiger partial charge in [-0.05, 0) is 0 Å². The van der Waals surface area contributed by atoms with Crippen LogP contribution in [0.3, 0.4) is 0 Å².